The van der Waals surface area contributed by atoms with E-state index in [1.165, 1.54) is 6.42 Å². The van der Waals surface area contributed by atoms with Gasteiger partial charge in [0, 0.05) is 25.8 Å². The summed E-state index contributed by atoms with van der Waals surface area (Å²) in [4.78, 5) is 19.0. The molecule has 6 heteroatoms. The number of pyridine rings is 1. The van der Waals surface area contributed by atoms with Crippen molar-refractivity contribution in [2.75, 3.05) is 31.2 Å². The first-order valence-electron chi connectivity index (χ1n) is 8.52. The predicted molar refractivity (Wildman–Crippen MR) is 89.1 cm³/mol. The summed E-state index contributed by atoms with van der Waals surface area (Å²) in [6.07, 6.45) is 6.66. The Bertz CT molecular complexity index is 520. The lowest BCUT2D eigenvalue weighted by Gasteiger charge is -2.31. The van der Waals surface area contributed by atoms with Crippen LogP contribution in [0.2, 0.25) is 0 Å². The zero-order valence-corrected chi connectivity index (χ0v) is 13.6. The lowest BCUT2D eigenvalue weighted by atomic mass is 9.82. The monoisotopic (exact) mass is 318 g/mol. The molecule has 0 unspecified atom stereocenters. The minimum atomic E-state index is -0.681. The molecular formula is C17H26N4O2. The lowest BCUT2D eigenvalue weighted by Crippen LogP contribution is -2.54. The summed E-state index contributed by atoms with van der Waals surface area (Å²) in [5.74, 6) is 0.931. The number of nitrogens with two attached hydrogens (primary N) is 1. The number of rotatable bonds is 4. The molecule has 1 amide bonds. The average molecular weight is 318 g/mol. The number of nitrogens with zero attached hydrogens (tertiary/aromatic N) is 2. The van der Waals surface area contributed by atoms with E-state index in [9.17, 15) is 4.79 Å². The quantitative estimate of drug-likeness (QED) is 0.872. The highest BCUT2D eigenvalue weighted by Crippen LogP contribution is 2.26. The highest BCUT2D eigenvalue weighted by Gasteiger charge is 2.34. The molecule has 1 aromatic heterocycles. The van der Waals surface area contributed by atoms with Crippen LogP contribution in [0.25, 0.3) is 0 Å². The summed E-state index contributed by atoms with van der Waals surface area (Å²) in [6.45, 7) is 3.72. The molecule has 1 saturated heterocycles. The van der Waals surface area contributed by atoms with Gasteiger partial charge in [0.2, 0.25) is 5.91 Å². The van der Waals surface area contributed by atoms with E-state index in [0.717, 1.165) is 63.4 Å². The zero-order valence-electron chi connectivity index (χ0n) is 13.6. The van der Waals surface area contributed by atoms with Crippen LogP contribution in [-0.4, -0.2) is 42.7 Å². The fourth-order valence-corrected chi connectivity index (χ4v) is 3.27. The molecule has 0 bridgehead atoms. The number of carbonyl (C=O) groups is 1. The highest BCUT2D eigenvalue weighted by molar-refractivity contribution is 5.86. The van der Waals surface area contributed by atoms with E-state index in [1.807, 2.05) is 18.3 Å². The maximum atomic E-state index is 12.3. The SMILES string of the molecule is NC1(C(=O)NCc2ccc(N3CCOCC3)nc2)CCCCC1. The molecule has 126 valence electrons. The molecule has 1 aromatic rings. The molecule has 3 rings (SSSR count). The van der Waals surface area contributed by atoms with Crippen molar-refractivity contribution < 1.29 is 9.53 Å². The largest absolute Gasteiger partial charge is 0.378 e. The standard InChI is InChI=1S/C17H26N4O2/c18-17(6-2-1-3-7-17)16(22)20-13-14-4-5-15(19-12-14)21-8-10-23-11-9-21/h4-5,12H,1-3,6-11,13,18H2,(H,20,22). The molecule has 1 saturated carbocycles. The zero-order chi connectivity index (χ0) is 16.1. The van der Waals surface area contributed by atoms with Crippen molar-refractivity contribution in [1.82, 2.24) is 10.3 Å². The Morgan fingerprint density at radius 1 is 1.26 bits per heavy atom. The molecule has 1 aliphatic heterocycles. The van der Waals surface area contributed by atoms with Gasteiger partial charge in [-0.2, -0.15) is 0 Å². The molecule has 2 aliphatic rings. The lowest BCUT2D eigenvalue weighted by molar-refractivity contribution is -0.127. The molecular weight excluding hydrogens is 292 g/mol. The number of hydrogen-bond donors (Lipinski definition) is 2. The Kier molecular flexibility index (Phi) is 5.13. The first-order chi connectivity index (χ1) is 11.2. The predicted octanol–water partition coefficient (Wildman–Crippen LogP) is 1.20. The molecule has 1 aliphatic carbocycles. The van der Waals surface area contributed by atoms with Crippen LogP contribution in [0.15, 0.2) is 18.3 Å². The number of ether oxygens (including phenoxy) is 1. The van der Waals surface area contributed by atoms with Gasteiger partial charge in [0.15, 0.2) is 0 Å². The van der Waals surface area contributed by atoms with Crippen LogP contribution in [0.4, 0.5) is 5.82 Å². The van der Waals surface area contributed by atoms with E-state index in [0.29, 0.717) is 6.54 Å². The van der Waals surface area contributed by atoms with Gasteiger partial charge in [0.1, 0.15) is 5.82 Å². The Hall–Kier alpha value is -1.66. The minimum absolute atomic E-state index is 0.0329. The number of nitrogens with one attached hydrogen (secondary N) is 1. The van der Waals surface area contributed by atoms with Crippen molar-refractivity contribution in [3.05, 3.63) is 23.9 Å². The smallest absolute Gasteiger partial charge is 0.240 e. The van der Waals surface area contributed by atoms with E-state index in [2.05, 4.69) is 15.2 Å². The van der Waals surface area contributed by atoms with Gasteiger partial charge in [0.25, 0.3) is 0 Å². The topological polar surface area (TPSA) is 80.5 Å². The van der Waals surface area contributed by atoms with Crippen molar-refractivity contribution in [1.29, 1.82) is 0 Å². The van der Waals surface area contributed by atoms with Crippen molar-refractivity contribution in [3.63, 3.8) is 0 Å². The van der Waals surface area contributed by atoms with Crippen molar-refractivity contribution in [2.24, 2.45) is 5.73 Å². The van der Waals surface area contributed by atoms with Crippen molar-refractivity contribution in [3.8, 4) is 0 Å². The third-order valence-corrected chi connectivity index (χ3v) is 4.80. The summed E-state index contributed by atoms with van der Waals surface area (Å²) >= 11 is 0. The molecule has 0 spiro atoms. The van der Waals surface area contributed by atoms with Crippen LogP contribution in [0.3, 0.4) is 0 Å². The normalized spacial score (nSPS) is 21.0. The second-order valence-electron chi connectivity index (χ2n) is 6.52. The van der Waals surface area contributed by atoms with E-state index in [4.69, 9.17) is 10.5 Å². The van der Waals surface area contributed by atoms with E-state index < -0.39 is 5.54 Å². The molecule has 6 nitrogen and oxygen atoms in total. The molecule has 0 radical (unpaired) electrons. The molecule has 2 heterocycles. The second-order valence-corrected chi connectivity index (χ2v) is 6.52. The van der Waals surface area contributed by atoms with Crippen molar-refractivity contribution in [2.45, 2.75) is 44.2 Å². The minimum Gasteiger partial charge on any atom is -0.378 e. The Morgan fingerprint density at radius 2 is 2.00 bits per heavy atom. The molecule has 0 atom stereocenters. The average Bonchev–Trinajstić information content (AvgIpc) is 2.61. The third-order valence-electron chi connectivity index (χ3n) is 4.80. The van der Waals surface area contributed by atoms with Crippen LogP contribution < -0.4 is 16.0 Å². The number of anilines is 1. The Morgan fingerprint density at radius 3 is 2.65 bits per heavy atom. The summed E-state index contributed by atoms with van der Waals surface area (Å²) in [6, 6.07) is 4.02. The molecule has 23 heavy (non-hydrogen) atoms. The number of hydrogen-bond acceptors (Lipinski definition) is 5. The highest BCUT2D eigenvalue weighted by atomic mass is 16.5. The van der Waals surface area contributed by atoms with Gasteiger partial charge in [-0.05, 0) is 24.5 Å². The van der Waals surface area contributed by atoms with Gasteiger partial charge in [0.05, 0.1) is 18.8 Å². The van der Waals surface area contributed by atoms with Gasteiger partial charge < -0.3 is 20.7 Å². The third kappa shape index (κ3) is 4.00. The Labute approximate surface area is 137 Å². The van der Waals surface area contributed by atoms with Crippen LogP contribution >= 0.6 is 0 Å². The fourth-order valence-electron chi connectivity index (χ4n) is 3.27. The number of amides is 1. The van der Waals surface area contributed by atoms with Gasteiger partial charge in [-0.3, -0.25) is 4.79 Å². The molecule has 3 N–H and O–H groups in total. The van der Waals surface area contributed by atoms with Gasteiger partial charge in [-0.15, -0.1) is 0 Å². The molecule has 0 aromatic carbocycles. The number of carbonyl (C=O) groups excluding carboxylic acids is 1. The fraction of sp³-hybridized carbons (Fsp3) is 0.647. The maximum absolute atomic E-state index is 12.3. The van der Waals surface area contributed by atoms with Gasteiger partial charge in [-0.25, -0.2) is 4.98 Å². The summed E-state index contributed by atoms with van der Waals surface area (Å²) in [5, 5.41) is 2.97. The van der Waals surface area contributed by atoms with Crippen LogP contribution in [-0.2, 0) is 16.1 Å². The first kappa shape index (κ1) is 16.2. The molecule has 2 fully saturated rings. The Balaban J connectivity index is 1.53. The maximum Gasteiger partial charge on any atom is 0.240 e. The van der Waals surface area contributed by atoms with E-state index >= 15 is 0 Å². The van der Waals surface area contributed by atoms with Gasteiger partial charge >= 0.3 is 0 Å². The summed E-state index contributed by atoms with van der Waals surface area (Å²) in [5.41, 5.74) is 6.56. The number of aromatic nitrogens is 1. The van der Waals surface area contributed by atoms with Crippen LogP contribution in [0.5, 0.6) is 0 Å². The van der Waals surface area contributed by atoms with E-state index in [-0.39, 0.29) is 5.91 Å². The summed E-state index contributed by atoms with van der Waals surface area (Å²) < 4.78 is 5.35. The van der Waals surface area contributed by atoms with Crippen LogP contribution in [0, 0.1) is 0 Å². The van der Waals surface area contributed by atoms with Crippen LogP contribution in [0.1, 0.15) is 37.7 Å². The second kappa shape index (κ2) is 7.27. The van der Waals surface area contributed by atoms with Crippen molar-refractivity contribution >= 4 is 11.7 Å². The van der Waals surface area contributed by atoms with E-state index in [1.54, 1.807) is 0 Å². The number of morpholine rings is 1. The van der Waals surface area contributed by atoms with Gasteiger partial charge in [-0.1, -0.05) is 25.3 Å². The summed E-state index contributed by atoms with van der Waals surface area (Å²) in [7, 11) is 0. The first-order valence-corrected chi connectivity index (χ1v) is 8.52.